The van der Waals surface area contributed by atoms with Crippen LogP contribution in [0.5, 0.6) is 11.5 Å². The van der Waals surface area contributed by atoms with Gasteiger partial charge in [-0.3, -0.25) is 4.79 Å². The average Bonchev–Trinajstić information content (AvgIpc) is 3.31. The highest BCUT2D eigenvalue weighted by Gasteiger charge is 2.28. The molecule has 11 nitrogen and oxygen atoms in total. The standard InChI is InChI=1S/C21H22N6O5/c1-30-17-13-14(4-8-20(28)31-2)3-5-16(17)32-21(29)15-9-11-26(12-10-15)19-7-6-18-22-24-25-27(18)23-19/h3-8,13,15H,9-12H2,1-2H3/b8-4+. The van der Waals surface area contributed by atoms with Gasteiger partial charge in [-0.1, -0.05) is 6.07 Å². The van der Waals surface area contributed by atoms with E-state index in [1.807, 2.05) is 6.07 Å². The Bertz CT molecular complexity index is 1150. The second kappa shape index (κ2) is 9.41. The minimum Gasteiger partial charge on any atom is -0.493 e. The van der Waals surface area contributed by atoms with Crippen LogP contribution in [0.15, 0.2) is 36.4 Å². The summed E-state index contributed by atoms with van der Waals surface area (Å²) in [6, 6.07) is 8.73. The Balaban J connectivity index is 1.37. The van der Waals surface area contributed by atoms with Gasteiger partial charge in [0.2, 0.25) is 0 Å². The van der Waals surface area contributed by atoms with Crippen LogP contribution in [-0.2, 0) is 14.3 Å². The molecule has 1 aromatic carbocycles. The zero-order valence-electron chi connectivity index (χ0n) is 17.7. The lowest BCUT2D eigenvalue weighted by Gasteiger charge is -2.31. The molecule has 0 N–H and O–H groups in total. The molecule has 0 spiro atoms. The zero-order chi connectivity index (χ0) is 22.5. The molecular weight excluding hydrogens is 416 g/mol. The summed E-state index contributed by atoms with van der Waals surface area (Å²) in [5, 5.41) is 15.7. The Morgan fingerprint density at radius 2 is 1.91 bits per heavy atom. The van der Waals surface area contributed by atoms with Crippen LogP contribution in [0.4, 0.5) is 5.82 Å². The minimum atomic E-state index is -0.459. The maximum Gasteiger partial charge on any atom is 0.330 e. The van der Waals surface area contributed by atoms with Gasteiger partial charge in [0.1, 0.15) is 0 Å². The normalized spacial score (nSPS) is 14.6. The number of ether oxygens (including phenoxy) is 3. The molecule has 2 aromatic heterocycles. The van der Waals surface area contributed by atoms with Crippen molar-refractivity contribution in [3.63, 3.8) is 0 Å². The van der Waals surface area contributed by atoms with Crippen LogP contribution in [0, 0.1) is 5.92 Å². The number of carbonyl (C=O) groups excluding carboxylic acids is 2. The fourth-order valence-electron chi connectivity index (χ4n) is 3.45. The van der Waals surface area contributed by atoms with E-state index < -0.39 is 5.97 Å². The van der Waals surface area contributed by atoms with E-state index in [1.54, 1.807) is 30.3 Å². The molecule has 11 heteroatoms. The van der Waals surface area contributed by atoms with Gasteiger partial charge < -0.3 is 19.1 Å². The number of anilines is 1. The third-order valence-corrected chi connectivity index (χ3v) is 5.22. The lowest BCUT2D eigenvalue weighted by molar-refractivity contribution is -0.139. The van der Waals surface area contributed by atoms with Crippen LogP contribution >= 0.6 is 0 Å². The number of tetrazole rings is 1. The number of hydrogen-bond donors (Lipinski definition) is 0. The molecule has 1 aliphatic heterocycles. The van der Waals surface area contributed by atoms with Gasteiger partial charge in [-0.05, 0) is 59.2 Å². The van der Waals surface area contributed by atoms with Crippen LogP contribution in [0.3, 0.4) is 0 Å². The molecule has 1 fully saturated rings. The molecule has 32 heavy (non-hydrogen) atoms. The van der Waals surface area contributed by atoms with E-state index in [0.29, 0.717) is 48.6 Å². The van der Waals surface area contributed by atoms with Crippen molar-refractivity contribution in [2.75, 3.05) is 32.2 Å². The fourth-order valence-corrected chi connectivity index (χ4v) is 3.45. The first-order valence-electron chi connectivity index (χ1n) is 10.0. The number of hydrogen-bond acceptors (Lipinski definition) is 10. The van der Waals surface area contributed by atoms with Crippen molar-refractivity contribution in [3.8, 4) is 11.5 Å². The molecule has 0 radical (unpaired) electrons. The monoisotopic (exact) mass is 438 g/mol. The van der Waals surface area contributed by atoms with Crippen LogP contribution < -0.4 is 14.4 Å². The van der Waals surface area contributed by atoms with E-state index in [-0.39, 0.29) is 11.9 Å². The Labute approximate surface area is 183 Å². The molecule has 1 aliphatic rings. The Hall–Kier alpha value is -4.02. The van der Waals surface area contributed by atoms with Crippen LogP contribution in [-0.4, -0.2) is 64.5 Å². The predicted molar refractivity (Wildman–Crippen MR) is 113 cm³/mol. The summed E-state index contributed by atoms with van der Waals surface area (Å²) in [5.74, 6) is 0.506. The van der Waals surface area contributed by atoms with E-state index in [0.717, 1.165) is 5.82 Å². The molecule has 1 saturated heterocycles. The highest BCUT2D eigenvalue weighted by molar-refractivity contribution is 5.87. The number of rotatable bonds is 6. The van der Waals surface area contributed by atoms with Crippen molar-refractivity contribution in [1.29, 1.82) is 0 Å². The summed E-state index contributed by atoms with van der Waals surface area (Å²) in [6.07, 6.45) is 4.17. The molecular formula is C21H22N6O5. The minimum absolute atomic E-state index is 0.230. The summed E-state index contributed by atoms with van der Waals surface area (Å²) in [4.78, 5) is 26.1. The third kappa shape index (κ3) is 4.66. The first-order valence-corrected chi connectivity index (χ1v) is 10.0. The van der Waals surface area contributed by atoms with E-state index in [4.69, 9.17) is 9.47 Å². The summed E-state index contributed by atoms with van der Waals surface area (Å²) >= 11 is 0. The second-order valence-electron chi connectivity index (χ2n) is 7.17. The van der Waals surface area contributed by atoms with Crippen LogP contribution in [0.1, 0.15) is 18.4 Å². The summed E-state index contributed by atoms with van der Waals surface area (Å²) in [5.41, 5.74) is 1.29. The number of esters is 2. The Morgan fingerprint density at radius 1 is 1.09 bits per heavy atom. The number of benzene rings is 1. The Kier molecular flexibility index (Phi) is 6.24. The highest BCUT2D eigenvalue weighted by Crippen LogP contribution is 2.31. The van der Waals surface area contributed by atoms with Gasteiger partial charge in [-0.15, -0.1) is 14.8 Å². The number of carbonyl (C=O) groups is 2. The van der Waals surface area contributed by atoms with Gasteiger partial charge in [0.25, 0.3) is 0 Å². The molecule has 0 atom stereocenters. The number of nitrogens with zero attached hydrogens (tertiary/aromatic N) is 6. The number of methoxy groups -OCH3 is 2. The first kappa shape index (κ1) is 21.2. The average molecular weight is 438 g/mol. The zero-order valence-corrected chi connectivity index (χ0v) is 17.7. The largest absolute Gasteiger partial charge is 0.493 e. The van der Waals surface area contributed by atoms with Crippen molar-refractivity contribution in [3.05, 3.63) is 42.0 Å². The van der Waals surface area contributed by atoms with Gasteiger partial charge in [0.05, 0.1) is 20.1 Å². The molecule has 0 bridgehead atoms. The van der Waals surface area contributed by atoms with Crippen molar-refractivity contribution >= 4 is 29.5 Å². The highest BCUT2D eigenvalue weighted by atomic mass is 16.6. The lowest BCUT2D eigenvalue weighted by Crippen LogP contribution is -2.38. The fraction of sp³-hybridized carbons (Fsp3) is 0.333. The van der Waals surface area contributed by atoms with Gasteiger partial charge in [-0.2, -0.15) is 0 Å². The van der Waals surface area contributed by atoms with E-state index >= 15 is 0 Å². The smallest absolute Gasteiger partial charge is 0.330 e. The van der Waals surface area contributed by atoms with Gasteiger partial charge >= 0.3 is 11.9 Å². The number of piperidine rings is 1. The van der Waals surface area contributed by atoms with Crippen molar-refractivity contribution in [2.45, 2.75) is 12.8 Å². The molecule has 3 aromatic rings. The SMILES string of the molecule is COC(=O)/C=C/c1ccc(OC(=O)C2CCN(c3ccc4nnnn4n3)CC2)c(OC)c1. The van der Waals surface area contributed by atoms with Crippen LogP contribution in [0.2, 0.25) is 0 Å². The molecule has 0 amide bonds. The van der Waals surface area contributed by atoms with Crippen molar-refractivity contribution < 1.29 is 23.8 Å². The summed E-state index contributed by atoms with van der Waals surface area (Å²) < 4.78 is 16.9. The quantitative estimate of drug-likeness (QED) is 0.318. The lowest BCUT2D eigenvalue weighted by atomic mass is 9.97. The number of aromatic nitrogens is 5. The number of fused-ring (bicyclic) bond motifs is 1. The molecule has 3 heterocycles. The summed E-state index contributed by atoms with van der Waals surface area (Å²) in [7, 11) is 2.80. The van der Waals surface area contributed by atoms with E-state index in [2.05, 4.69) is 30.3 Å². The van der Waals surface area contributed by atoms with E-state index in [1.165, 1.54) is 24.9 Å². The molecule has 4 rings (SSSR count). The first-order chi connectivity index (χ1) is 15.6. The topological polar surface area (TPSA) is 121 Å². The second-order valence-corrected chi connectivity index (χ2v) is 7.17. The predicted octanol–water partition coefficient (Wildman–Crippen LogP) is 1.54. The van der Waals surface area contributed by atoms with Gasteiger partial charge in [-0.25, -0.2) is 4.79 Å². The maximum absolute atomic E-state index is 12.7. The molecule has 0 aliphatic carbocycles. The van der Waals surface area contributed by atoms with Gasteiger partial charge in [0.15, 0.2) is 23.0 Å². The van der Waals surface area contributed by atoms with Crippen LogP contribution in [0.25, 0.3) is 11.7 Å². The van der Waals surface area contributed by atoms with Crippen molar-refractivity contribution in [2.24, 2.45) is 5.92 Å². The molecule has 0 saturated carbocycles. The summed E-state index contributed by atoms with van der Waals surface area (Å²) in [6.45, 7) is 1.32. The van der Waals surface area contributed by atoms with Gasteiger partial charge in [0, 0.05) is 19.2 Å². The molecule has 166 valence electrons. The third-order valence-electron chi connectivity index (χ3n) is 5.22. The molecule has 0 unspecified atom stereocenters. The maximum atomic E-state index is 12.7. The van der Waals surface area contributed by atoms with Crippen molar-refractivity contribution in [1.82, 2.24) is 25.3 Å². The Morgan fingerprint density at radius 3 is 2.66 bits per heavy atom. The van der Waals surface area contributed by atoms with E-state index in [9.17, 15) is 9.59 Å².